The number of carbonyl (C=O) groups excluding carboxylic acids is 1. The van der Waals surface area contributed by atoms with Crippen LogP contribution in [0.5, 0.6) is 17.2 Å². The van der Waals surface area contributed by atoms with Crippen molar-refractivity contribution in [1.82, 2.24) is 9.55 Å². The molecule has 5 rings (SSSR count). The summed E-state index contributed by atoms with van der Waals surface area (Å²) >= 11 is 0. The number of fused-ring (bicyclic) bond motifs is 2. The smallest absolute Gasteiger partial charge is 0.274 e. The highest BCUT2D eigenvalue weighted by atomic mass is 32.2. The molecule has 0 aliphatic carbocycles. The van der Waals surface area contributed by atoms with Crippen molar-refractivity contribution in [3.05, 3.63) is 48.2 Å². The topological polar surface area (TPSA) is 109 Å². The van der Waals surface area contributed by atoms with E-state index in [1.54, 1.807) is 49.6 Å². The predicted molar refractivity (Wildman–Crippen MR) is 107 cm³/mol. The van der Waals surface area contributed by atoms with E-state index in [4.69, 9.17) is 14.2 Å². The van der Waals surface area contributed by atoms with Crippen LogP contribution in [0.15, 0.2) is 47.6 Å². The summed E-state index contributed by atoms with van der Waals surface area (Å²) in [6.45, 7) is 0.299. The number of hydrogen-bond acceptors (Lipinski definition) is 7. The number of sulfone groups is 1. The highest BCUT2D eigenvalue weighted by Crippen LogP contribution is 2.35. The predicted octanol–water partition coefficient (Wildman–Crippen LogP) is 2.33. The first-order valence-corrected chi connectivity index (χ1v) is 10.8. The first kappa shape index (κ1) is 18.5. The molecule has 3 heterocycles. The number of anilines is 1. The zero-order valence-electron chi connectivity index (χ0n) is 15.9. The Morgan fingerprint density at radius 3 is 2.67 bits per heavy atom. The number of nitrogens with zero attached hydrogens (tertiary/aromatic N) is 2. The van der Waals surface area contributed by atoms with Gasteiger partial charge in [-0.1, -0.05) is 0 Å². The molecule has 10 heteroatoms. The van der Waals surface area contributed by atoms with Crippen LogP contribution in [0, 0.1) is 0 Å². The number of rotatable bonds is 4. The highest BCUT2D eigenvalue weighted by Gasteiger charge is 2.35. The van der Waals surface area contributed by atoms with Crippen molar-refractivity contribution in [3.63, 3.8) is 0 Å². The van der Waals surface area contributed by atoms with Gasteiger partial charge < -0.3 is 24.1 Å². The van der Waals surface area contributed by atoms with Crippen molar-refractivity contribution in [3.8, 4) is 28.5 Å². The number of benzene rings is 2. The van der Waals surface area contributed by atoms with Crippen molar-refractivity contribution < 1.29 is 27.4 Å². The molecule has 2 aliphatic heterocycles. The number of methoxy groups -OCH3 is 1. The Morgan fingerprint density at radius 1 is 1.13 bits per heavy atom. The summed E-state index contributed by atoms with van der Waals surface area (Å²) < 4.78 is 42.0. The van der Waals surface area contributed by atoms with Gasteiger partial charge in [-0.25, -0.2) is 13.4 Å². The Morgan fingerprint density at radius 2 is 1.90 bits per heavy atom. The minimum absolute atomic E-state index is 0.0808. The van der Waals surface area contributed by atoms with Crippen molar-refractivity contribution in [2.45, 2.75) is 11.7 Å². The van der Waals surface area contributed by atoms with Gasteiger partial charge in [0.2, 0.25) is 21.8 Å². The number of ether oxygens (including phenoxy) is 3. The largest absolute Gasteiger partial charge is 0.497 e. The highest BCUT2D eigenvalue weighted by molar-refractivity contribution is 7.91. The lowest BCUT2D eigenvalue weighted by atomic mass is 10.1. The minimum Gasteiger partial charge on any atom is -0.497 e. The molecule has 0 bridgehead atoms. The van der Waals surface area contributed by atoms with Gasteiger partial charge in [0, 0.05) is 23.9 Å². The third kappa shape index (κ3) is 2.96. The van der Waals surface area contributed by atoms with Crippen LogP contribution in [-0.2, 0) is 16.4 Å². The van der Waals surface area contributed by atoms with Crippen molar-refractivity contribution in [2.75, 3.05) is 25.0 Å². The molecule has 0 saturated heterocycles. The summed E-state index contributed by atoms with van der Waals surface area (Å²) in [7, 11) is -1.98. The van der Waals surface area contributed by atoms with Crippen LogP contribution in [0.2, 0.25) is 0 Å². The molecule has 1 N–H and O–H groups in total. The van der Waals surface area contributed by atoms with E-state index >= 15 is 0 Å². The summed E-state index contributed by atoms with van der Waals surface area (Å²) in [6.07, 6.45) is 0. The number of nitrogens with one attached hydrogen (secondary N) is 1. The Kier molecular flexibility index (Phi) is 4.17. The lowest BCUT2D eigenvalue weighted by Gasteiger charge is -2.10. The number of amides is 1. The quantitative estimate of drug-likeness (QED) is 0.681. The molecule has 1 aromatic heterocycles. The Hall–Kier alpha value is -3.53. The van der Waals surface area contributed by atoms with E-state index in [-0.39, 0.29) is 29.9 Å². The third-order valence-corrected chi connectivity index (χ3v) is 6.59. The van der Waals surface area contributed by atoms with Crippen LogP contribution in [0.25, 0.3) is 11.3 Å². The maximum Gasteiger partial charge on any atom is 0.274 e. The average Bonchev–Trinajstić information content (AvgIpc) is 3.43. The number of hydrogen-bond donors (Lipinski definition) is 1. The van der Waals surface area contributed by atoms with E-state index < -0.39 is 15.7 Å². The Bertz CT molecular complexity index is 1260. The van der Waals surface area contributed by atoms with E-state index in [2.05, 4.69) is 10.3 Å². The van der Waals surface area contributed by atoms with Gasteiger partial charge in [-0.3, -0.25) is 4.79 Å². The number of carbonyl (C=O) groups is 1. The van der Waals surface area contributed by atoms with Crippen LogP contribution in [0.4, 0.5) is 5.69 Å². The summed E-state index contributed by atoms with van der Waals surface area (Å²) in [5, 5.41) is 2.72. The first-order valence-electron chi connectivity index (χ1n) is 9.15. The van der Waals surface area contributed by atoms with Crippen LogP contribution in [0.1, 0.15) is 10.5 Å². The summed E-state index contributed by atoms with van der Waals surface area (Å²) in [5.41, 5.74) is 1.60. The number of aromatic nitrogens is 2. The maximum atomic E-state index is 13.2. The second-order valence-electron chi connectivity index (χ2n) is 6.81. The molecule has 154 valence electrons. The monoisotopic (exact) mass is 427 g/mol. The van der Waals surface area contributed by atoms with Crippen molar-refractivity contribution >= 4 is 21.4 Å². The Labute approximate surface area is 172 Å². The fraction of sp³-hybridized carbons (Fsp3) is 0.200. The summed E-state index contributed by atoms with van der Waals surface area (Å²) in [6, 6.07) is 12.0. The lowest BCUT2D eigenvalue weighted by molar-refractivity contribution is 0.101. The zero-order chi connectivity index (χ0) is 20.9. The molecule has 1 amide bonds. The lowest BCUT2D eigenvalue weighted by Crippen LogP contribution is -2.17. The third-order valence-electron chi connectivity index (χ3n) is 5.00. The van der Waals surface area contributed by atoms with Crippen molar-refractivity contribution in [2.24, 2.45) is 0 Å². The molecule has 0 radical (unpaired) electrons. The van der Waals surface area contributed by atoms with Gasteiger partial charge in [-0.15, -0.1) is 0 Å². The van der Waals surface area contributed by atoms with Gasteiger partial charge in [0.15, 0.2) is 11.5 Å². The normalized spacial score (nSPS) is 15.6. The van der Waals surface area contributed by atoms with Gasteiger partial charge >= 0.3 is 0 Å². The molecule has 3 aromatic rings. The van der Waals surface area contributed by atoms with Gasteiger partial charge in [0.05, 0.1) is 12.9 Å². The standard InChI is InChI=1S/C20H17N3O6S/c1-27-14-5-2-12(3-6-14)17-18(23-8-9-30(25,26)20(23)22-17)19(24)21-13-4-7-15-16(10-13)29-11-28-15/h2-7,10H,8-9,11H2,1H3,(H,21,24). The summed E-state index contributed by atoms with van der Waals surface area (Å²) in [4.78, 5) is 17.5. The van der Waals surface area contributed by atoms with Gasteiger partial charge in [-0.05, 0) is 36.4 Å². The molecule has 2 aromatic carbocycles. The molecular formula is C20H17N3O6S. The molecule has 0 atom stereocenters. The van der Waals surface area contributed by atoms with E-state index in [9.17, 15) is 13.2 Å². The van der Waals surface area contributed by atoms with Crippen molar-refractivity contribution in [1.29, 1.82) is 0 Å². The van der Waals surface area contributed by atoms with Crippen LogP contribution >= 0.6 is 0 Å². The fourth-order valence-electron chi connectivity index (χ4n) is 3.52. The van der Waals surface area contributed by atoms with Gasteiger partial charge in [-0.2, -0.15) is 0 Å². The van der Waals surface area contributed by atoms with Gasteiger partial charge in [0.25, 0.3) is 5.91 Å². The molecule has 0 unspecified atom stereocenters. The fourth-order valence-corrected chi connectivity index (χ4v) is 4.88. The van der Waals surface area contributed by atoms with E-state index in [1.807, 2.05) is 0 Å². The Balaban J connectivity index is 1.56. The van der Waals surface area contributed by atoms with Crippen LogP contribution in [-0.4, -0.2) is 43.5 Å². The maximum absolute atomic E-state index is 13.2. The van der Waals surface area contributed by atoms with E-state index in [0.29, 0.717) is 34.2 Å². The van der Waals surface area contributed by atoms with Crippen LogP contribution < -0.4 is 19.5 Å². The SMILES string of the molecule is COc1ccc(-c2nc3n(c2C(=O)Nc2ccc4c(c2)OCO4)CCS3(=O)=O)cc1. The molecular weight excluding hydrogens is 410 g/mol. The summed E-state index contributed by atoms with van der Waals surface area (Å²) in [5.74, 6) is 1.23. The molecule has 0 fully saturated rings. The van der Waals surface area contributed by atoms with Crippen LogP contribution in [0.3, 0.4) is 0 Å². The van der Waals surface area contributed by atoms with E-state index in [1.165, 1.54) is 4.57 Å². The molecule has 9 nitrogen and oxygen atoms in total. The second kappa shape index (κ2) is 6.77. The van der Waals surface area contributed by atoms with E-state index in [0.717, 1.165) is 0 Å². The molecule has 30 heavy (non-hydrogen) atoms. The molecule has 0 spiro atoms. The number of imidazole rings is 1. The molecule has 0 saturated carbocycles. The van der Waals surface area contributed by atoms with Gasteiger partial charge in [0.1, 0.15) is 17.1 Å². The minimum atomic E-state index is -3.53. The second-order valence-corrected chi connectivity index (χ2v) is 8.82. The zero-order valence-corrected chi connectivity index (χ0v) is 16.7. The average molecular weight is 427 g/mol. The first-order chi connectivity index (χ1) is 14.5. The molecule has 2 aliphatic rings.